The van der Waals surface area contributed by atoms with Gasteiger partial charge >= 0.3 is 5.97 Å². The number of carbonyl (C=O) groups is 2. The number of rotatable bonds is 4. The lowest BCUT2D eigenvalue weighted by atomic mass is 10.1. The van der Waals surface area contributed by atoms with Crippen LogP contribution in [0.2, 0.25) is 0 Å². The van der Waals surface area contributed by atoms with Gasteiger partial charge in [-0.15, -0.1) is 0 Å². The Labute approximate surface area is 140 Å². The van der Waals surface area contributed by atoms with Crippen molar-refractivity contribution in [2.75, 3.05) is 39.0 Å². The van der Waals surface area contributed by atoms with Gasteiger partial charge in [0, 0.05) is 26.2 Å². The summed E-state index contributed by atoms with van der Waals surface area (Å²) in [5.74, 6) is -1.35. The number of phenols is 1. The maximum atomic E-state index is 12.1. The lowest BCUT2D eigenvalue weighted by Crippen LogP contribution is -2.51. The molecule has 0 atom stereocenters. The molecular formula is C15H20N2O6S. The molecule has 0 aromatic heterocycles. The van der Waals surface area contributed by atoms with Gasteiger partial charge in [0.1, 0.15) is 11.3 Å². The number of para-hydroxylation sites is 1. The number of ether oxygens (including phenoxy) is 1. The number of nitrogens with zero attached hydrogens (tertiary/aromatic N) is 2. The predicted molar refractivity (Wildman–Crippen MR) is 86.1 cm³/mol. The molecule has 9 heteroatoms. The zero-order chi connectivity index (χ0) is 17.9. The van der Waals surface area contributed by atoms with Crippen molar-refractivity contribution in [2.45, 2.75) is 6.92 Å². The number of hydrogen-bond donors (Lipinski definition) is 1. The summed E-state index contributed by atoms with van der Waals surface area (Å²) in [6.07, 6.45) is 1.13. The van der Waals surface area contributed by atoms with Gasteiger partial charge < -0.3 is 14.7 Å². The molecule has 1 heterocycles. The average molecular weight is 356 g/mol. The molecule has 0 unspecified atom stereocenters. The van der Waals surface area contributed by atoms with E-state index in [1.165, 1.54) is 15.3 Å². The minimum Gasteiger partial charge on any atom is -0.507 e. The van der Waals surface area contributed by atoms with E-state index in [1.54, 1.807) is 19.1 Å². The zero-order valence-electron chi connectivity index (χ0n) is 13.6. The molecule has 132 valence electrons. The molecule has 0 radical (unpaired) electrons. The van der Waals surface area contributed by atoms with E-state index in [0.717, 1.165) is 6.26 Å². The van der Waals surface area contributed by atoms with Gasteiger partial charge in [-0.05, 0) is 18.6 Å². The Balaban J connectivity index is 1.88. The number of phenolic OH excluding ortho intramolecular Hbond substituents is 1. The van der Waals surface area contributed by atoms with Gasteiger partial charge in [0.25, 0.3) is 5.91 Å². The molecule has 0 aliphatic carbocycles. The number of piperazine rings is 1. The van der Waals surface area contributed by atoms with Crippen LogP contribution in [-0.4, -0.2) is 73.6 Å². The summed E-state index contributed by atoms with van der Waals surface area (Å²) in [5, 5.41) is 9.83. The Bertz CT molecular complexity index is 738. The van der Waals surface area contributed by atoms with Crippen molar-refractivity contribution in [1.82, 2.24) is 9.21 Å². The molecule has 24 heavy (non-hydrogen) atoms. The molecule has 1 aliphatic heterocycles. The van der Waals surface area contributed by atoms with Crippen molar-refractivity contribution in [3.8, 4) is 5.75 Å². The topological polar surface area (TPSA) is 104 Å². The van der Waals surface area contributed by atoms with E-state index in [4.69, 9.17) is 4.74 Å². The number of amides is 1. The molecule has 1 saturated heterocycles. The van der Waals surface area contributed by atoms with Gasteiger partial charge in [-0.2, -0.15) is 4.31 Å². The minimum atomic E-state index is -3.26. The van der Waals surface area contributed by atoms with Gasteiger partial charge in [-0.25, -0.2) is 13.2 Å². The lowest BCUT2D eigenvalue weighted by Gasteiger charge is -2.33. The fourth-order valence-electron chi connectivity index (χ4n) is 2.39. The van der Waals surface area contributed by atoms with Gasteiger partial charge in [0.2, 0.25) is 10.0 Å². The first-order valence-corrected chi connectivity index (χ1v) is 9.23. The van der Waals surface area contributed by atoms with Gasteiger partial charge in [0.15, 0.2) is 6.61 Å². The Hall–Kier alpha value is -2.13. The van der Waals surface area contributed by atoms with Crippen molar-refractivity contribution >= 4 is 21.9 Å². The Morgan fingerprint density at radius 3 is 2.42 bits per heavy atom. The molecular weight excluding hydrogens is 336 g/mol. The number of sulfonamides is 1. The quantitative estimate of drug-likeness (QED) is 0.759. The largest absolute Gasteiger partial charge is 0.507 e. The number of esters is 1. The standard InChI is InChI=1S/C15H20N2O6S/c1-11-4-3-5-12(14(11)19)15(20)23-10-13(18)16-6-8-17(9-7-16)24(2,21)22/h3-5,19H,6-10H2,1-2H3. The second kappa shape index (κ2) is 7.18. The monoisotopic (exact) mass is 356 g/mol. The summed E-state index contributed by atoms with van der Waals surface area (Å²) < 4.78 is 29.1. The summed E-state index contributed by atoms with van der Waals surface area (Å²) in [4.78, 5) is 25.5. The highest BCUT2D eigenvalue weighted by molar-refractivity contribution is 7.88. The van der Waals surface area contributed by atoms with E-state index in [0.29, 0.717) is 5.56 Å². The van der Waals surface area contributed by atoms with Crippen molar-refractivity contribution in [3.05, 3.63) is 29.3 Å². The summed E-state index contributed by atoms with van der Waals surface area (Å²) in [6.45, 7) is 2.14. The lowest BCUT2D eigenvalue weighted by molar-refractivity contribution is -0.135. The second-order valence-electron chi connectivity index (χ2n) is 5.59. The third kappa shape index (κ3) is 4.24. The molecule has 0 saturated carbocycles. The molecule has 1 aromatic carbocycles. The van der Waals surface area contributed by atoms with Crippen LogP contribution in [0.1, 0.15) is 15.9 Å². The van der Waals surface area contributed by atoms with E-state index in [1.807, 2.05) is 0 Å². The highest BCUT2D eigenvalue weighted by Gasteiger charge is 2.26. The molecule has 1 aromatic rings. The van der Waals surface area contributed by atoms with Crippen LogP contribution in [-0.2, 0) is 19.6 Å². The minimum absolute atomic E-state index is 0.00435. The molecule has 1 fully saturated rings. The fourth-order valence-corrected chi connectivity index (χ4v) is 3.22. The van der Waals surface area contributed by atoms with Crippen LogP contribution in [0.3, 0.4) is 0 Å². The van der Waals surface area contributed by atoms with Crippen molar-refractivity contribution in [2.24, 2.45) is 0 Å². The first-order valence-electron chi connectivity index (χ1n) is 7.38. The normalized spacial score (nSPS) is 16.0. The number of aryl methyl sites for hydroxylation is 1. The smallest absolute Gasteiger partial charge is 0.342 e. The van der Waals surface area contributed by atoms with Crippen LogP contribution >= 0.6 is 0 Å². The second-order valence-corrected chi connectivity index (χ2v) is 7.57. The van der Waals surface area contributed by atoms with Gasteiger partial charge in [0.05, 0.1) is 6.26 Å². The number of aromatic hydroxyl groups is 1. The predicted octanol–water partition coefficient (Wildman–Crippen LogP) is -0.0388. The van der Waals surface area contributed by atoms with E-state index in [2.05, 4.69) is 0 Å². The Morgan fingerprint density at radius 2 is 1.83 bits per heavy atom. The van der Waals surface area contributed by atoms with Crippen molar-refractivity contribution < 1.29 is 27.9 Å². The van der Waals surface area contributed by atoms with E-state index in [9.17, 15) is 23.1 Å². The third-order valence-corrected chi connectivity index (χ3v) is 5.15. The first-order chi connectivity index (χ1) is 11.2. The number of benzene rings is 1. The number of carbonyl (C=O) groups excluding carboxylic acids is 2. The van der Waals surface area contributed by atoms with Gasteiger partial charge in [-0.3, -0.25) is 4.79 Å². The van der Waals surface area contributed by atoms with E-state index >= 15 is 0 Å². The SMILES string of the molecule is Cc1cccc(C(=O)OCC(=O)N2CCN(S(C)(=O)=O)CC2)c1O. The fraction of sp³-hybridized carbons (Fsp3) is 0.467. The Kier molecular flexibility index (Phi) is 5.45. The molecule has 1 aliphatic rings. The highest BCUT2D eigenvalue weighted by atomic mass is 32.2. The van der Waals surface area contributed by atoms with Crippen LogP contribution in [0.4, 0.5) is 0 Å². The highest BCUT2D eigenvalue weighted by Crippen LogP contribution is 2.22. The van der Waals surface area contributed by atoms with Crippen molar-refractivity contribution in [3.63, 3.8) is 0 Å². The van der Waals surface area contributed by atoms with E-state index in [-0.39, 0.29) is 37.5 Å². The van der Waals surface area contributed by atoms with Crippen LogP contribution in [0.5, 0.6) is 5.75 Å². The van der Waals surface area contributed by atoms with E-state index < -0.39 is 28.5 Å². The maximum Gasteiger partial charge on any atom is 0.342 e. The van der Waals surface area contributed by atoms with Crippen molar-refractivity contribution in [1.29, 1.82) is 0 Å². The number of hydrogen-bond acceptors (Lipinski definition) is 6. The third-order valence-electron chi connectivity index (χ3n) is 3.84. The molecule has 1 amide bonds. The first kappa shape index (κ1) is 18.2. The summed E-state index contributed by atoms with van der Waals surface area (Å²) in [7, 11) is -3.26. The molecule has 2 rings (SSSR count). The van der Waals surface area contributed by atoms with Crippen LogP contribution in [0, 0.1) is 6.92 Å². The van der Waals surface area contributed by atoms with Crippen LogP contribution < -0.4 is 0 Å². The summed E-state index contributed by atoms with van der Waals surface area (Å²) in [5.41, 5.74) is 0.539. The van der Waals surface area contributed by atoms with Crippen LogP contribution in [0.15, 0.2) is 18.2 Å². The molecule has 8 nitrogen and oxygen atoms in total. The molecule has 1 N–H and O–H groups in total. The average Bonchev–Trinajstić information content (AvgIpc) is 2.54. The summed E-state index contributed by atoms with van der Waals surface area (Å²) >= 11 is 0. The summed E-state index contributed by atoms with van der Waals surface area (Å²) in [6, 6.07) is 4.68. The van der Waals surface area contributed by atoms with Gasteiger partial charge in [-0.1, -0.05) is 12.1 Å². The molecule has 0 spiro atoms. The maximum absolute atomic E-state index is 12.1. The van der Waals surface area contributed by atoms with Crippen LogP contribution in [0.25, 0.3) is 0 Å². The molecule has 0 bridgehead atoms. The zero-order valence-corrected chi connectivity index (χ0v) is 14.4. The Morgan fingerprint density at radius 1 is 1.21 bits per heavy atom.